The van der Waals surface area contributed by atoms with Gasteiger partial charge in [0.1, 0.15) is 11.0 Å². The van der Waals surface area contributed by atoms with Crippen LogP contribution in [0.25, 0.3) is 11.1 Å². The maximum absolute atomic E-state index is 13.1. The van der Waals surface area contributed by atoms with Crippen LogP contribution in [-0.4, -0.2) is 4.98 Å². The van der Waals surface area contributed by atoms with Gasteiger partial charge in [-0.25, -0.2) is 9.37 Å². The molecule has 0 spiro atoms. The van der Waals surface area contributed by atoms with Crippen LogP contribution in [0.2, 0.25) is 5.15 Å². The first-order chi connectivity index (χ1) is 8.08. The predicted molar refractivity (Wildman–Crippen MR) is 67.2 cm³/mol. The lowest BCUT2D eigenvalue weighted by Crippen LogP contribution is -2.04. The topological polar surface area (TPSA) is 38.9 Å². The van der Waals surface area contributed by atoms with Crippen molar-refractivity contribution in [1.82, 2.24) is 4.98 Å². The van der Waals surface area contributed by atoms with E-state index in [2.05, 4.69) is 4.98 Å². The minimum atomic E-state index is -0.402. The molecule has 2 aromatic rings. The minimum absolute atomic E-state index is 0.0230. The number of hydrogen-bond acceptors (Lipinski definition) is 2. The standard InChI is InChI=1S/C13H12ClFN2/c1-8(16)9-2-4-10(5-3-9)12-6-11(15)7-17-13(12)14/h2-8H,16H2,1H3. The molecule has 0 aliphatic heterocycles. The lowest BCUT2D eigenvalue weighted by atomic mass is 10.0. The van der Waals surface area contributed by atoms with Gasteiger partial charge in [0, 0.05) is 11.6 Å². The highest BCUT2D eigenvalue weighted by atomic mass is 35.5. The van der Waals surface area contributed by atoms with Crippen LogP contribution in [0.1, 0.15) is 18.5 Å². The lowest BCUT2D eigenvalue weighted by molar-refractivity contribution is 0.622. The normalized spacial score (nSPS) is 12.5. The monoisotopic (exact) mass is 250 g/mol. The average molecular weight is 251 g/mol. The largest absolute Gasteiger partial charge is 0.324 e. The average Bonchev–Trinajstić information content (AvgIpc) is 2.32. The number of halogens is 2. The van der Waals surface area contributed by atoms with Gasteiger partial charge < -0.3 is 5.73 Å². The summed E-state index contributed by atoms with van der Waals surface area (Å²) in [5.41, 5.74) is 8.19. The molecular weight excluding hydrogens is 239 g/mol. The van der Waals surface area contributed by atoms with Gasteiger partial charge in [0.05, 0.1) is 6.20 Å². The highest BCUT2D eigenvalue weighted by Gasteiger charge is 2.07. The van der Waals surface area contributed by atoms with E-state index in [1.54, 1.807) is 0 Å². The van der Waals surface area contributed by atoms with E-state index >= 15 is 0 Å². The van der Waals surface area contributed by atoms with E-state index in [0.29, 0.717) is 10.7 Å². The fourth-order valence-corrected chi connectivity index (χ4v) is 1.80. The summed E-state index contributed by atoms with van der Waals surface area (Å²) in [7, 11) is 0. The van der Waals surface area contributed by atoms with Crippen LogP contribution >= 0.6 is 11.6 Å². The van der Waals surface area contributed by atoms with Crippen molar-refractivity contribution >= 4 is 11.6 Å². The highest BCUT2D eigenvalue weighted by Crippen LogP contribution is 2.27. The molecule has 1 aromatic heterocycles. The highest BCUT2D eigenvalue weighted by molar-refractivity contribution is 6.32. The molecular formula is C13H12ClFN2. The molecule has 1 aromatic carbocycles. The van der Waals surface area contributed by atoms with Crippen molar-refractivity contribution in [3.05, 3.63) is 53.1 Å². The smallest absolute Gasteiger partial charge is 0.142 e. The Hall–Kier alpha value is -1.45. The zero-order valence-electron chi connectivity index (χ0n) is 9.32. The number of hydrogen-bond donors (Lipinski definition) is 1. The zero-order valence-corrected chi connectivity index (χ0v) is 10.1. The number of benzene rings is 1. The minimum Gasteiger partial charge on any atom is -0.324 e. The molecule has 0 saturated carbocycles. The number of pyridine rings is 1. The van der Waals surface area contributed by atoms with Gasteiger partial charge in [-0.2, -0.15) is 0 Å². The van der Waals surface area contributed by atoms with Crippen molar-refractivity contribution < 1.29 is 4.39 Å². The summed E-state index contributed by atoms with van der Waals surface area (Å²) in [4.78, 5) is 3.78. The fourth-order valence-electron chi connectivity index (χ4n) is 1.59. The third kappa shape index (κ3) is 2.62. The number of nitrogens with zero attached hydrogens (tertiary/aromatic N) is 1. The van der Waals surface area contributed by atoms with Crippen LogP contribution in [0.5, 0.6) is 0 Å². The summed E-state index contributed by atoms with van der Waals surface area (Å²) in [5.74, 6) is -0.402. The Labute approximate surface area is 104 Å². The summed E-state index contributed by atoms with van der Waals surface area (Å²) in [6.07, 6.45) is 1.10. The molecule has 1 atom stereocenters. The lowest BCUT2D eigenvalue weighted by Gasteiger charge is -2.08. The van der Waals surface area contributed by atoms with Crippen molar-refractivity contribution in [2.24, 2.45) is 5.73 Å². The second kappa shape index (κ2) is 4.82. The first kappa shape index (κ1) is 12.0. The van der Waals surface area contributed by atoms with E-state index in [0.717, 1.165) is 17.3 Å². The second-order valence-corrected chi connectivity index (χ2v) is 4.26. The third-order valence-corrected chi connectivity index (χ3v) is 2.85. The maximum Gasteiger partial charge on any atom is 0.142 e. The molecule has 2 rings (SSSR count). The third-order valence-electron chi connectivity index (χ3n) is 2.55. The number of nitrogens with two attached hydrogens (primary N) is 1. The first-order valence-electron chi connectivity index (χ1n) is 5.25. The Bertz CT molecular complexity index is 523. The van der Waals surface area contributed by atoms with Gasteiger partial charge in [-0.05, 0) is 24.1 Å². The maximum atomic E-state index is 13.1. The van der Waals surface area contributed by atoms with Crippen molar-refractivity contribution in [3.63, 3.8) is 0 Å². The van der Waals surface area contributed by atoms with Crippen molar-refractivity contribution in [1.29, 1.82) is 0 Å². The molecule has 4 heteroatoms. The summed E-state index contributed by atoms with van der Waals surface area (Å²) in [6.45, 7) is 1.91. The Morgan fingerprint density at radius 2 is 1.94 bits per heavy atom. The van der Waals surface area contributed by atoms with Crippen LogP contribution in [0.3, 0.4) is 0 Å². The van der Waals surface area contributed by atoms with Crippen LogP contribution in [0, 0.1) is 5.82 Å². The fraction of sp³-hybridized carbons (Fsp3) is 0.154. The summed E-state index contributed by atoms with van der Waals surface area (Å²) in [5, 5.41) is 0.292. The van der Waals surface area contributed by atoms with Gasteiger partial charge >= 0.3 is 0 Å². The van der Waals surface area contributed by atoms with Gasteiger partial charge in [0.25, 0.3) is 0 Å². The van der Waals surface area contributed by atoms with E-state index in [9.17, 15) is 4.39 Å². The Kier molecular flexibility index (Phi) is 3.41. The van der Waals surface area contributed by atoms with E-state index in [4.69, 9.17) is 17.3 Å². The molecule has 0 fully saturated rings. The van der Waals surface area contributed by atoms with Gasteiger partial charge in [-0.3, -0.25) is 0 Å². The number of rotatable bonds is 2. The molecule has 0 saturated heterocycles. The van der Waals surface area contributed by atoms with Crippen LogP contribution < -0.4 is 5.73 Å². The molecule has 0 bridgehead atoms. The molecule has 1 heterocycles. The van der Waals surface area contributed by atoms with Crippen molar-refractivity contribution in [2.45, 2.75) is 13.0 Å². The molecule has 17 heavy (non-hydrogen) atoms. The number of aromatic nitrogens is 1. The Morgan fingerprint density at radius 1 is 1.29 bits per heavy atom. The second-order valence-electron chi connectivity index (χ2n) is 3.90. The predicted octanol–water partition coefficient (Wildman–Crippen LogP) is 3.56. The van der Waals surface area contributed by atoms with Gasteiger partial charge in [-0.1, -0.05) is 35.9 Å². The molecule has 1 unspecified atom stereocenters. The Morgan fingerprint density at radius 3 is 2.53 bits per heavy atom. The zero-order chi connectivity index (χ0) is 12.4. The van der Waals surface area contributed by atoms with Gasteiger partial charge in [0.15, 0.2) is 0 Å². The molecule has 0 amide bonds. The summed E-state index contributed by atoms with van der Waals surface area (Å²) >= 11 is 5.93. The van der Waals surface area contributed by atoms with E-state index in [1.807, 2.05) is 31.2 Å². The van der Waals surface area contributed by atoms with E-state index in [-0.39, 0.29) is 6.04 Å². The quantitative estimate of drug-likeness (QED) is 0.828. The van der Waals surface area contributed by atoms with Crippen molar-refractivity contribution in [2.75, 3.05) is 0 Å². The molecule has 2 nitrogen and oxygen atoms in total. The summed E-state index contributed by atoms with van der Waals surface area (Å²) < 4.78 is 13.1. The molecule has 0 aliphatic carbocycles. The van der Waals surface area contributed by atoms with E-state index < -0.39 is 5.82 Å². The van der Waals surface area contributed by atoms with Crippen LogP contribution in [0.4, 0.5) is 4.39 Å². The van der Waals surface area contributed by atoms with Gasteiger partial charge in [-0.15, -0.1) is 0 Å². The molecule has 88 valence electrons. The summed E-state index contributed by atoms with van der Waals surface area (Å²) in [6, 6.07) is 8.88. The molecule has 0 aliphatic rings. The first-order valence-corrected chi connectivity index (χ1v) is 5.62. The Balaban J connectivity index is 2.43. The van der Waals surface area contributed by atoms with Crippen molar-refractivity contribution in [3.8, 4) is 11.1 Å². The SMILES string of the molecule is CC(N)c1ccc(-c2cc(F)cnc2Cl)cc1. The van der Waals surface area contributed by atoms with Crippen LogP contribution in [-0.2, 0) is 0 Å². The van der Waals surface area contributed by atoms with Crippen LogP contribution in [0.15, 0.2) is 36.5 Å². The molecule has 0 radical (unpaired) electrons. The molecule has 2 N–H and O–H groups in total. The van der Waals surface area contributed by atoms with Gasteiger partial charge in [0.2, 0.25) is 0 Å². The van der Waals surface area contributed by atoms with E-state index in [1.165, 1.54) is 6.07 Å².